The van der Waals surface area contributed by atoms with Crippen LogP contribution in [0.15, 0.2) is 29.3 Å². The number of nitrogens with one attached hydrogen (secondary N) is 2. The number of amides is 1. The lowest BCUT2D eigenvalue weighted by Gasteiger charge is -2.34. The molecule has 164 valence electrons. The van der Waals surface area contributed by atoms with Crippen LogP contribution >= 0.6 is 24.0 Å². The molecule has 1 aliphatic rings. The zero-order chi connectivity index (χ0) is 20.6. The van der Waals surface area contributed by atoms with Crippen molar-refractivity contribution in [2.75, 3.05) is 39.8 Å². The van der Waals surface area contributed by atoms with E-state index in [1.807, 2.05) is 6.92 Å². The fourth-order valence-corrected chi connectivity index (χ4v) is 3.07. The molecule has 0 bridgehead atoms. The lowest BCUT2D eigenvalue weighted by molar-refractivity contribution is -0.137. The summed E-state index contributed by atoms with van der Waals surface area (Å²) in [6.07, 6.45) is -2.23. The predicted octanol–water partition coefficient (Wildman–Crippen LogP) is 3.13. The monoisotopic (exact) mass is 528 g/mol. The van der Waals surface area contributed by atoms with Crippen LogP contribution in [0.25, 0.3) is 0 Å². The quantitative estimate of drug-likeness (QED) is 0.258. The number of rotatable bonds is 6. The maximum Gasteiger partial charge on any atom is 0.416 e. The van der Waals surface area contributed by atoms with E-state index in [1.165, 1.54) is 12.1 Å². The first-order chi connectivity index (χ1) is 13.3. The number of halogens is 4. The van der Waals surface area contributed by atoms with Gasteiger partial charge in [-0.05, 0) is 44.0 Å². The summed E-state index contributed by atoms with van der Waals surface area (Å²) in [4.78, 5) is 18.5. The van der Waals surface area contributed by atoms with Gasteiger partial charge in [0, 0.05) is 45.4 Å². The van der Waals surface area contributed by atoms with Crippen molar-refractivity contribution in [2.24, 2.45) is 4.99 Å². The first-order valence-corrected chi connectivity index (χ1v) is 9.37. The molecule has 0 aromatic heterocycles. The maximum atomic E-state index is 12.6. The number of ether oxygens (including phenoxy) is 1. The fraction of sp³-hybridized carbons (Fsp3) is 0.579. The van der Waals surface area contributed by atoms with Gasteiger partial charge in [0.2, 0.25) is 0 Å². The number of hydrogen-bond acceptors (Lipinski definition) is 3. The Bertz CT molecular complexity index is 660. The average molecular weight is 528 g/mol. The Morgan fingerprint density at radius 2 is 1.76 bits per heavy atom. The van der Waals surface area contributed by atoms with Gasteiger partial charge in [0.25, 0.3) is 5.91 Å². The number of alkyl halides is 3. The Morgan fingerprint density at radius 1 is 1.17 bits per heavy atom. The molecule has 1 aliphatic heterocycles. The highest BCUT2D eigenvalue weighted by molar-refractivity contribution is 14.0. The van der Waals surface area contributed by atoms with Gasteiger partial charge in [0.15, 0.2) is 5.96 Å². The third kappa shape index (κ3) is 8.00. The van der Waals surface area contributed by atoms with Gasteiger partial charge in [-0.3, -0.25) is 9.79 Å². The average Bonchev–Trinajstić information content (AvgIpc) is 2.68. The Balaban J connectivity index is 0.00000420. The molecule has 0 saturated carbocycles. The van der Waals surface area contributed by atoms with Crippen molar-refractivity contribution in [3.8, 4) is 0 Å². The molecule has 1 saturated heterocycles. The van der Waals surface area contributed by atoms with Gasteiger partial charge in [-0.2, -0.15) is 13.2 Å². The van der Waals surface area contributed by atoms with E-state index in [2.05, 4.69) is 20.5 Å². The molecular formula is C19H28F3IN4O2. The summed E-state index contributed by atoms with van der Waals surface area (Å²) in [6, 6.07) is 4.15. The highest BCUT2D eigenvalue weighted by Gasteiger charge is 2.30. The summed E-state index contributed by atoms with van der Waals surface area (Å²) < 4.78 is 43.3. The number of aliphatic imine (C=N–C) groups is 1. The normalized spacial score (nSPS) is 15.6. The van der Waals surface area contributed by atoms with E-state index < -0.39 is 17.6 Å². The van der Waals surface area contributed by atoms with Crippen molar-refractivity contribution in [1.82, 2.24) is 15.5 Å². The van der Waals surface area contributed by atoms with Crippen molar-refractivity contribution in [1.29, 1.82) is 0 Å². The van der Waals surface area contributed by atoms with Crippen molar-refractivity contribution in [3.05, 3.63) is 35.4 Å². The zero-order valence-corrected chi connectivity index (χ0v) is 18.9. The molecule has 1 fully saturated rings. The largest absolute Gasteiger partial charge is 0.416 e. The summed E-state index contributed by atoms with van der Waals surface area (Å²) in [5, 5.41) is 5.88. The minimum Gasteiger partial charge on any atom is -0.378 e. The number of nitrogens with zero attached hydrogens (tertiary/aromatic N) is 2. The second-order valence-corrected chi connectivity index (χ2v) is 6.45. The Morgan fingerprint density at radius 3 is 2.28 bits per heavy atom. The number of carbonyl (C=O) groups is 1. The van der Waals surface area contributed by atoms with E-state index in [0.29, 0.717) is 19.2 Å². The van der Waals surface area contributed by atoms with Gasteiger partial charge >= 0.3 is 6.18 Å². The summed E-state index contributed by atoms with van der Waals surface area (Å²) in [5.74, 6) is 0.349. The molecule has 0 radical (unpaired) electrons. The van der Waals surface area contributed by atoms with Crippen LogP contribution in [0, 0.1) is 0 Å². The molecule has 2 N–H and O–H groups in total. The van der Waals surface area contributed by atoms with E-state index in [0.717, 1.165) is 50.6 Å². The highest BCUT2D eigenvalue weighted by atomic mass is 127. The molecule has 0 atom stereocenters. The lowest BCUT2D eigenvalue weighted by Crippen LogP contribution is -2.48. The van der Waals surface area contributed by atoms with E-state index in [-0.39, 0.29) is 29.5 Å². The first kappa shape index (κ1) is 25.5. The molecule has 1 amide bonds. The molecule has 1 aromatic carbocycles. The number of guanidine groups is 1. The van der Waals surface area contributed by atoms with Gasteiger partial charge in [-0.25, -0.2) is 0 Å². The first-order valence-electron chi connectivity index (χ1n) is 9.37. The van der Waals surface area contributed by atoms with E-state index in [4.69, 9.17) is 4.74 Å². The standard InChI is InChI=1S/C19H27F3N4O2.HI/c1-3-28-16-8-12-26(13-9-16)18(23-2)25-11-10-24-17(27)14-4-6-15(7-5-14)19(20,21)22;/h4-7,16H,3,8-13H2,1-2H3,(H,23,25)(H,24,27);1H. The van der Waals surface area contributed by atoms with Crippen LogP contribution in [-0.2, 0) is 10.9 Å². The zero-order valence-electron chi connectivity index (χ0n) is 16.6. The Hall–Kier alpha value is -1.56. The SMILES string of the molecule is CCOC1CCN(C(=NC)NCCNC(=O)c2ccc(C(F)(F)F)cc2)CC1.I. The van der Waals surface area contributed by atoms with Gasteiger partial charge in [-0.15, -0.1) is 24.0 Å². The van der Waals surface area contributed by atoms with Crippen LogP contribution in [0.5, 0.6) is 0 Å². The fourth-order valence-electron chi connectivity index (χ4n) is 3.07. The third-order valence-electron chi connectivity index (χ3n) is 4.52. The summed E-state index contributed by atoms with van der Waals surface area (Å²) >= 11 is 0. The number of likely N-dealkylation sites (tertiary alicyclic amines) is 1. The smallest absolute Gasteiger partial charge is 0.378 e. The van der Waals surface area contributed by atoms with E-state index >= 15 is 0 Å². The Kier molecular flexibility index (Phi) is 10.7. The minimum atomic E-state index is -4.41. The van der Waals surface area contributed by atoms with Crippen molar-refractivity contribution in [2.45, 2.75) is 32.0 Å². The molecule has 29 heavy (non-hydrogen) atoms. The van der Waals surface area contributed by atoms with Crippen molar-refractivity contribution in [3.63, 3.8) is 0 Å². The van der Waals surface area contributed by atoms with Gasteiger partial charge in [-0.1, -0.05) is 0 Å². The molecule has 0 unspecified atom stereocenters. The minimum absolute atomic E-state index is 0. The number of carbonyl (C=O) groups excluding carboxylic acids is 1. The summed E-state index contributed by atoms with van der Waals surface area (Å²) in [6.45, 7) is 5.20. The lowest BCUT2D eigenvalue weighted by atomic mass is 10.1. The topological polar surface area (TPSA) is 66.0 Å². The number of hydrogen-bond donors (Lipinski definition) is 2. The third-order valence-corrected chi connectivity index (χ3v) is 4.52. The van der Waals surface area contributed by atoms with E-state index in [1.54, 1.807) is 7.05 Å². The number of piperidine rings is 1. The predicted molar refractivity (Wildman–Crippen MR) is 117 cm³/mol. The summed E-state index contributed by atoms with van der Waals surface area (Å²) in [7, 11) is 1.71. The summed E-state index contributed by atoms with van der Waals surface area (Å²) in [5.41, 5.74) is -0.585. The van der Waals surface area contributed by atoms with Crippen LogP contribution in [0.1, 0.15) is 35.7 Å². The Labute approximate surface area is 186 Å². The van der Waals surface area contributed by atoms with Crippen LogP contribution in [0.4, 0.5) is 13.2 Å². The molecule has 6 nitrogen and oxygen atoms in total. The maximum absolute atomic E-state index is 12.6. The number of benzene rings is 1. The van der Waals surface area contributed by atoms with E-state index in [9.17, 15) is 18.0 Å². The van der Waals surface area contributed by atoms with Crippen LogP contribution < -0.4 is 10.6 Å². The molecule has 1 aromatic rings. The molecule has 1 heterocycles. The molecule has 10 heteroatoms. The van der Waals surface area contributed by atoms with Gasteiger partial charge < -0.3 is 20.3 Å². The van der Waals surface area contributed by atoms with Crippen molar-refractivity contribution >= 4 is 35.8 Å². The van der Waals surface area contributed by atoms with Gasteiger partial charge in [0.1, 0.15) is 0 Å². The molecular weight excluding hydrogens is 500 g/mol. The second-order valence-electron chi connectivity index (χ2n) is 6.45. The highest BCUT2D eigenvalue weighted by Crippen LogP contribution is 2.29. The van der Waals surface area contributed by atoms with Crippen LogP contribution in [0.2, 0.25) is 0 Å². The van der Waals surface area contributed by atoms with Gasteiger partial charge in [0.05, 0.1) is 11.7 Å². The van der Waals surface area contributed by atoms with Crippen molar-refractivity contribution < 1.29 is 22.7 Å². The molecule has 2 rings (SSSR count). The second kappa shape index (κ2) is 12.2. The van der Waals surface area contributed by atoms with Crippen LogP contribution in [-0.4, -0.2) is 62.7 Å². The molecule has 0 spiro atoms. The van der Waals surface area contributed by atoms with Crippen LogP contribution in [0.3, 0.4) is 0 Å². The molecule has 0 aliphatic carbocycles.